The number of nitrogens with zero attached hydrogens (tertiary/aromatic N) is 1. The van der Waals surface area contributed by atoms with Crippen molar-refractivity contribution >= 4 is 0 Å². The van der Waals surface area contributed by atoms with Crippen LogP contribution in [0, 0.1) is 17.8 Å². The normalized spacial score (nSPS) is 44.2. The number of piperidine rings is 2. The molecule has 2 heterocycles. The fraction of sp³-hybridized carbons (Fsp3) is 1.00. The molecule has 4 unspecified atom stereocenters. The van der Waals surface area contributed by atoms with Gasteiger partial charge >= 0.3 is 0 Å². The summed E-state index contributed by atoms with van der Waals surface area (Å²) in [4.78, 5) is 2.37. The minimum atomic E-state index is 0.405. The van der Waals surface area contributed by atoms with E-state index in [0.717, 1.165) is 24.3 Å². The van der Waals surface area contributed by atoms with Crippen molar-refractivity contribution < 1.29 is 5.32 Å². The monoisotopic (exact) mass is 212 g/mol. The average Bonchev–Trinajstić information content (AvgIpc) is 2.20. The Balaban J connectivity index is 1.96. The van der Waals surface area contributed by atoms with Gasteiger partial charge in [-0.25, -0.2) is 0 Å². The molecule has 0 radical (unpaired) electrons. The van der Waals surface area contributed by atoms with Crippen molar-refractivity contribution in [3.8, 4) is 0 Å². The lowest BCUT2D eigenvalue weighted by Crippen LogP contribution is -2.88. The van der Waals surface area contributed by atoms with Crippen LogP contribution in [0.3, 0.4) is 0 Å². The van der Waals surface area contributed by atoms with E-state index in [9.17, 15) is 0 Å². The maximum absolute atomic E-state index is 6.31. The Kier molecular flexibility index (Phi) is 3.65. The molecule has 15 heavy (non-hydrogen) atoms. The Morgan fingerprint density at radius 1 is 1.27 bits per heavy atom. The lowest BCUT2D eigenvalue weighted by atomic mass is 9.73. The van der Waals surface area contributed by atoms with Crippen molar-refractivity contribution in [2.45, 2.75) is 25.8 Å². The van der Waals surface area contributed by atoms with E-state index in [1.54, 1.807) is 0 Å². The van der Waals surface area contributed by atoms with E-state index < -0.39 is 0 Å². The van der Waals surface area contributed by atoms with Crippen LogP contribution in [0.1, 0.15) is 19.8 Å². The molecule has 88 valence electrons. The average molecular weight is 212 g/mol. The molecule has 2 aliphatic rings. The van der Waals surface area contributed by atoms with Gasteiger partial charge < -0.3 is 16.0 Å². The Labute approximate surface area is 93.4 Å². The minimum absolute atomic E-state index is 0.405. The van der Waals surface area contributed by atoms with Gasteiger partial charge in [0.15, 0.2) is 0 Å². The molecule has 3 heteroatoms. The van der Waals surface area contributed by atoms with Gasteiger partial charge in [-0.3, -0.25) is 0 Å². The van der Waals surface area contributed by atoms with Gasteiger partial charge in [0.2, 0.25) is 0 Å². The maximum Gasteiger partial charge on any atom is 0.0789 e. The Morgan fingerprint density at radius 3 is 2.73 bits per heavy atom. The molecule has 4 N–H and O–H groups in total. The number of hydrogen-bond acceptors (Lipinski definition) is 2. The van der Waals surface area contributed by atoms with Crippen LogP contribution in [-0.4, -0.2) is 44.2 Å². The van der Waals surface area contributed by atoms with Crippen molar-refractivity contribution in [1.82, 2.24) is 4.90 Å². The number of likely N-dealkylation sites (tertiary alicyclic amines) is 1. The van der Waals surface area contributed by atoms with E-state index in [-0.39, 0.29) is 0 Å². The zero-order valence-corrected chi connectivity index (χ0v) is 10.2. The van der Waals surface area contributed by atoms with E-state index in [0.29, 0.717) is 6.04 Å². The second-order valence-electron chi connectivity index (χ2n) is 5.62. The number of likely N-dealkylation sites (N-methyl/N-ethyl adjacent to an activating group) is 1. The van der Waals surface area contributed by atoms with Crippen LogP contribution < -0.4 is 11.1 Å². The van der Waals surface area contributed by atoms with Crippen molar-refractivity contribution in [2.75, 3.05) is 33.2 Å². The van der Waals surface area contributed by atoms with Crippen LogP contribution >= 0.6 is 0 Å². The summed E-state index contributed by atoms with van der Waals surface area (Å²) in [5.41, 5.74) is 6.31. The number of nitrogens with two attached hydrogens (primary N) is 2. The van der Waals surface area contributed by atoms with Gasteiger partial charge in [0.05, 0.1) is 13.1 Å². The molecule has 2 fully saturated rings. The van der Waals surface area contributed by atoms with Crippen molar-refractivity contribution in [1.29, 1.82) is 0 Å². The quantitative estimate of drug-likeness (QED) is 0.615. The van der Waals surface area contributed by atoms with Gasteiger partial charge in [0.25, 0.3) is 0 Å². The van der Waals surface area contributed by atoms with Crippen molar-refractivity contribution in [3.63, 3.8) is 0 Å². The second kappa shape index (κ2) is 4.81. The Hall–Kier alpha value is -0.120. The summed E-state index contributed by atoms with van der Waals surface area (Å²) < 4.78 is 0. The minimum Gasteiger partial charge on any atom is -0.346 e. The molecule has 0 aliphatic carbocycles. The van der Waals surface area contributed by atoms with Crippen LogP contribution in [0.25, 0.3) is 0 Å². The highest BCUT2D eigenvalue weighted by molar-refractivity contribution is 4.88. The summed E-state index contributed by atoms with van der Waals surface area (Å²) in [7, 11) is 2.19. The first kappa shape index (κ1) is 11.4. The predicted molar refractivity (Wildman–Crippen MR) is 62.5 cm³/mol. The van der Waals surface area contributed by atoms with E-state index in [1.807, 2.05) is 0 Å². The van der Waals surface area contributed by atoms with Crippen LogP contribution in [0.4, 0.5) is 0 Å². The molecule has 0 aromatic heterocycles. The van der Waals surface area contributed by atoms with Gasteiger partial charge in [-0.05, 0) is 38.3 Å². The molecular formula is C12H26N3+. The summed E-state index contributed by atoms with van der Waals surface area (Å²) in [6.07, 6.45) is 2.68. The first-order valence-electron chi connectivity index (χ1n) is 6.44. The molecular weight excluding hydrogens is 186 g/mol. The third-order valence-electron chi connectivity index (χ3n) is 4.46. The first-order chi connectivity index (χ1) is 7.18. The van der Waals surface area contributed by atoms with E-state index >= 15 is 0 Å². The molecule has 0 bridgehead atoms. The maximum atomic E-state index is 6.31. The highest BCUT2D eigenvalue weighted by atomic mass is 15.1. The number of quaternary nitrogens is 1. The number of hydrogen-bond donors (Lipinski definition) is 2. The first-order valence-corrected chi connectivity index (χ1v) is 6.44. The summed E-state index contributed by atoms with van der Waals surface area (Å²) >= 11 is 0. The largest absolute Gasteiger partial charge is 0.346 e. The zero-order chi connectivity index (χ0) is 10.8. The van der Waals surface area contributed by atoms with Gasteiger partial charge in [-0.2, -0.15) is 0 Å². The third kappa shape index (κ3) is 2.52. The summed E-state index contributed by atoms with van der Waals surface area (Å²) in [5, 5.41) is 2.48. The predicted octanol–water partition coefficient (Wildman–Crippen LogP) is -0.515. The number of rotatable bonds is 1. The Morgan fingerprint density at radius 2 is 2.07 bits per heavy atom. The summed E-state index contributed by atoms with van der Waals surface area (Å²) in [5.74, 6) is 2.52. The van der Waals surface area contributed by atoms with E-state index in [2.05, 4.69) is 24.2 Å². The lowest BCUT2D eigenvalue weighted by Gasteiger charge is -2.42. The van der Waals surface area contributed by atoms with Crippen molar-refractivity contribution in [3.05, 3.63) is 0 Å². The fourth-order valence-electron chi connectivity index (χ4n) is 3.44. The second-order valence-corrected chi connectivity index (χ2v) is 5.62. The van der Waals surface area contributed by atoms with Crippen LogP contribution in [0.5, 0.6) is 0 Å². The van der Waals surface area contributed by atoms with Crippen LogP contribution in [-0.2, 0) is 0 Å². The molecule has 2 saturated heterocycles. The van der Waals surface area contributed by atoms with Gasteiger partial charge in [-0.1, -0.05) is 6.92 Å². The van der Waals surface area contributed by atoms with Crippen molar-refractivity contribution in [2.24, 2.45) is 23.5 Å². The van der Waals surface area contributed by atoms with Gasteiger partial charge in [-0.15, -0.1) is 0 Å². The molecule has 0 spiro atoms. The summed E-state index contributed by atoms with van der Waals surface area (Å²) in [6, 6.07) is 0.405. The molecule has 0 aromatic carbocycles. The van der Waals surface area contributed by atoms with Crippen LogP contribution in [0.2, 0.25) is 0 Å². The zero-order valence-electron chi connectivity index (χ0n) is 10.2. The Bertz CT molecular complexity index is 207. The highest BCUT2D eigenvalue weighted by Gasteiger charge is 2.36. The molecule has 0 saturated carbocycles. The molecule has 0 aromatic rings. The third-order valence-corrected chi connectivity index (χ3v) is 4.46. The fourth-order valence-corrected chi connectivity index (χ4v) is 3.44. The molecule has 2 rings (SSSR count). The molecule has 4 atom stereocenters. The SMILES string of the molecule is CC1CC[NH2+]CC1C1CCN(C)CC1N. The highest BCUT2D eigenvalue weighted by Crippen LogP contribution is 2.30. The lowest BCUT2D eigenvalue weighted by molar-refractivity contribution is -0.673. The standard InChI is InChI=1S/C12H25N3/c1-9-3-5-14-7-11(9)10-4-6-15(2)8-12(10)13/h9-12,14H,3-8,13H2,1-2H3/p+1. The van der Waals surface area contributed by atoms with Crippen LogP contribution in [0.15, 0.2) is 0 Å². The molecule has 0 amide bonds. The van der Waals surface area contributed by atoms with E-state index in [4.69, 9.17) is 5.73 Å². The smallest absolute Gasteiger partial charge is 0.0789 e. The van der Waals surface area contributed by atoms with Gasteiger partial charge in [0, 0.05) is 18.5 Å². The van der Waals surface area contributed by atoms with Gasteiger partial charge in [0.1, 0.15) is 0 Å². The van der Waals surface area contributed by atoms with E-state index in [1.165, 1.54) is 32.5 Å². The topological polar surface area (TPSA) is 45.9 Å². The summed E-state index contributed by atoms with van der Waals surface area (Å²) in [6.45, 7) is 7.38. The molecule has 2 aliphatic heterocycles. The molecule has 3 nitrogen and oxygen atoms in total.